The van der Waals surface area contributed by atoms with Crippen LogP contribution in [0.2, 0.25) is 0 Å². The van der Waals surface area contributed by atoms with Gasteiger partial charge in [-0.2, -0.15) is 0 Å². The third-order valence-corrected chi connectivity index (χ3v) is 6.08. The number of rotatable bonds is 12. The molecule has 10 nitrogen and oxygen atoms in total. The lowest BCUT2D eigenvalue weighted by molar-refractivity contribution is -0.385. The predicted octanol–water partition coefficient (Wildman–Crippen LogP) is 3.51. The minimum absolute atomic E-state index is 0.0974. The van der Waals surface area contributed by atoms with Crippen LogP contribution in [0, 0.1) is 10.1 Å². The van der Waals surface area contributed by atoms with Gasteiger partial charge in [0.2, 0.25) is 0 Å². The van der Waals surface area contributed by atoms with Crippen LogP contribution in [-0.4, -0.2) is 64.6 Å². The quantitative estimate of drug-likeness (QED) is 0.274. The SMILES string of the molecule is CCOc1ccc(C2(CNC(=O)c3cc(OC)c(OCCOC)cc3[N+](=O)[O-])CCOCC2)cc1. The molecule has 3 rings (SSSR count). The molecule has 1 N–H and O–H groups in total. The Kier molecular flexibility index (Phi) is 9.27. The average molecular weight is 489 g/mol. The summed E-state index contributed by atoms with van der Waals surface area (Å²) in [4.78, 5) is 24.3. The smallest absolute Gasteiger partial charge is 0.286 e. The van der Waals surface area contributed by atoms with Crippen molar-refractivity contribution in [1.29, 1.82) is 0 Å². The fourth-order valence-corrected chi connectivity index (χ4v) is 4.14. The first-order valence-corrected chi connectivity index (χ1v) is 11.5. The van der Waals surface area contributed by atoms with Crippen molar-refractivity contribution in [3.63, 3.8) is 0 Å². The van der Waals surface area contributed by atoms with Crippen molar-refractivity contribution in [2.24, 2.45) is 0 Å². The van der Waals surface area contributed by atoms with E-state index in [-0.39, 0.29) is 34.8 Å². The fourth-order valence-electron chi connectivity index (χ4n) is 4.14. The molecule has 1 aliphatic rings. The van der Waals surface area contributed by atoms with E-state index in [1.54, 1.807) is 0 Å². The highest BCUT2D eigenvalue weighted by Crippen LogP contribution is 2.37. The van der Waals surface area contributed by atoms with Crippen molar-refractivity contribution in [2.45, 2.75) is 25.2 Å². The van der Waals surface area contributed by atoms with Crippen molar-refractivity contribution in [2.75, 3.05) is 53.8 Å². The molecule has 1 fully saturated rings. The highest BCUT2D eigenvalue weighted by atomic mass is 16.6. The van der Waals surface area contributed by atoms with Crippen molar-refractivity contribution in [3.8, 4) is 17.2 Å². The largest absolute Gasteiger partial charge is 0.494 e. The lowest BCUT2D eigenvalue weighted by atomic mass is 9.74. The van der Waals surface area contributed by atoms with Gasteiger partial charge in [-0.1, -0.05) is 12.1 Å². The number of nitrogens with zero attached hydrogens (tertiary/aromatic N) is 1. The maximum Gasteiger partial charge on any atom is 0.286 e. The number of nitro groups is 1. The summed E-state index contributed by atoms with van der Waals surface area (Å²) in [5.74, 6) is 0.612. The average Bonchev–Trinajstić information content (AvgIpc) is 2.88. The molecular weight excluding hydrogens is 456 g/mol. The van der Waals surface area contributed by atoms with Gasteiger partial charge < -0.3 is 29.0 Å². The normalized spacial score (nSPS) is 14.7. The Balaban J connectivity index is 1.84. The number of carbonyl (C=O) groups is 1. The number of hydrogen-bond acceptors (Lipinski definition) is 8. The maximum atomic E-state index is 13.2. The molecule has 0 saturated carbocycles. The molecule has 1 saturated heterocycles. The van der Waals surface area contributed by atoms with E-state index in [2.05, 4.69) is 5.32 Å². The number of benzene rings is 2. The van der Waals surface area contributed by atoms with Gasteiger partial charge in [-0.15, -0.1) is 0 Å². The third kappa shape index (κ3) is 6.40. The molecule has 190 valence electrons. The highest BCUT2D eigenvalue weighted by Gasteiger charge is 2.36. The summed E-state index contributed by atoms with van der Waals surface area (Å²) in [6, 6.07) is 10.4. The van der Waals surface area contributed by atoms with Gasteiger partial charge in [0.25, 0.3) is 11.6 Å². The number of ether oxygens (including phenoxy) is 5. The second-order valence-electron chi connectivity index (χ2n) is 8.15. The number of methoxy groups -OCH3 is 2. The Bertz CT molecular complexity index is 1000. The standard InChI is InChI=1S/C25H32N2O8/c1-4-34-19-7-5-18(6-8-19)25(9-11-33-12-10-25)17-26-24(28)20-15-22(32-3)23(35-14-13-31-2)16-21(20)27(29)30/h5-8,15-16H,4,9-14,17H2,1-3H3,(H,26,28). The second kappa shape index (κ2) is 12.4. The molecule has 0 atom stereocenters. The summed E-state index contributed by atoms with van der Waals surface area (Å²) in [5, 5.41) is 14.7. The maximum absolute atomic E-state index is 13.2. The summed E-state index contributed by atoms with van der Waals surface area (Å²) >= 11 is 0. The van der Waals surface area contributed by atoms with Gasteiger partial charge in [0.1, 0.15) is 17.9 Å². The van der Waals surface area contributed by atoms with E-state index in [9.17, 15) is 14.9 Å². The summed E-state index contributed by atoms with van der Waals surface area (Å²) in [6.07, 6.45) is 1.41. The third-order valence-electron chi connectivity index (χ3n) is 6.08. The Morgan fingerprint density at radius 2 is 1.80 bits per heavy atom. The zero-order valence-electron chi connectivity index (χ0n) is 20.3. The van der Waals surface area contributed by atoms with Crippen molar-refractivity contribution in [3.05, 3.63) is 57.6 Å². The summed E-state index contributed by atoms with van der Waals surface area (Å²) in [5.41, 5.74) is 0.233. The Morgan fingerprint density at radius 3 is 2.40 bits per heavy atom. The lowest BCUT2D eigenvalue weighted by Crippen LogP contribution is -2.44. The van der Waals surface area contributed by atoms with Crippen molar-refractivity contribution >= 4 is 11.6 Å². The molecule has 10 heteroatoms. The van der Waals surface area contributed by atoms with E-state index in [1.165, 1.54) is 26.4 Å². The van der Waals surface area contributed by atoms with Crippen molar-refractivity contribution in [1.82, 2.24) is 5.32 Å². The Labute approximate surface area is 204 Å². The van der Waals surface area contributed by atoms with E-state index >= 15 is 0 Å². The number of carbonyl (C=O) groups excluding carboxylic acids is 1. The molecular formula is C25H32N2O8. The van der Waals surface area contributed by atoms with Gasteiger partial charge in [0, 0.05) is 38.3 Å². The van der Waals surface area contributed by atoms with Crippen LogP contribution in [0.25, 0.3) is 0 Å². The van der Waals surface area contributed by atoms with Crippen molar-refractivity contribution < 1.29 is 33.4 Å². The van der Waals surface area contributed by atoms with Crippen LogP contribution >= 0.6 is 0 Å². The molecule has 1 amide bonds. The van der Waals surface area contributed by atoms with Crippen LogP contribution in [-0.2, 0) is 14.9 Å². The van der Waals surface area contributed by atoms with E-state index in [4.69, 9.17) is 23.7 Å². The highest BCUT2D eigenvalue weighted by molar-refractivity contribution is 5.99. The molecule has 0 aromatic heterocycles. The number of nitrogens with one attached hydrogen (secondary N) is 1. The minimum atomic E-state index is -0.603. The van der Waals surface area contributed by atoms with Gasteiger partial charge in [-0.25, -0.2) is 0 Å². The van der Waals surface area contributed by atoms with E-state index < -0.39 is 10.8 Å². The fraction of sp³-hybridized carbons (Fsp3) is 0.480. The van der Waals surface area contributed by atoms with Crippen LogP contribution in [0.3, 0.4) is 0 Å². The number of hydrogen-bond donors (Lipinski definition) is 1. The molecule has 0 aliphatic carbocycles. The zero-order chi connectivity index (χ0) is 25.3. The monoisotopic (exact) mass is 488 g/mol. The molecule has 0 bridgehead atoms. The zero-order valence-corrected chi connectivity index (χ0v) is 20.3. The minimum Gasteiger partial charge on any atom is -0.494 e. The van der Waals surface area contributed by atoms with E-state index in [1.807, 2.05) is 31.2 Å². The van der Waals surface area contributed by atoms with E-state index in [0.29, 0.717) is 45.8 Å². The summed E-state index contributed by atoms with van der Waals surface area (Å²) in [7, 11) is 2.93. The Morgan fingerprint density at radius 1 is 1.09 bits per heavy atom. The van der Waals surface area contributed by atoms with Gasteiger partial charge >= 0.3 is 0 Å². The molecule has 35 heavy (non-hydrogen) atoms. The van der Waals surface area contributed by atoms with Gasteiger partial charge in [-0.05, 0) is 37.5 Å². The van der Waals surface area contributed by atoms with E-state index in [0.717, 1.165) is 11.3 Å². The van der Waals surface area contributed by atoms with Gasteiger partial charge in [0.15, 0.2) is 11.5 Å². The molecule has 0 spiro atoms. The first-order valence-electron chi connectivity index (χ1n) is 11.5. The first kappa shape index (κ1) is 26.2. The number of amides is 1. The molecule has 2 aromatic rings. The molecule has 0 radical (unpaired) electrons. The molecule has 2 aromatic carbocycles. The molecule has 0 unspecified atom stereocenters. The lowest BCUT2D eigenvalue weighted by Gasteiger charge is -2.38. The number of nitro benzene ring substituents is 1. The topological polar surface area (TPSA) is 118 Å². The first-order chi connectivity index (χ1) is 16.9. The van der Waals surface area contributed by atoms with Gasteiger partial charge in [-0.3, -0.25) is 14.9 Å². The summed E-state index contributed by atoms with van der Waals surface area (Å²) < 4.78 is 26.9. The predicted molar refractivity (Wildman–Crippen MR) is 129 cm³/mol. The molecule has 1 aliphatic heterocycles. The van der Waals surface area contributed by atoms with Crippen LogP contribution in [0.5, 0.6) is 17.2 Å². The van der Waals surface area contributed by atoms with Crippen LogP contribution in [0.15, 0.2) is 36.4 Å². The van der Waals surface area contributed by atoms with Crippen LogP contribution in [0.4, 0.5) is 5.69 Å². The molecule has 1 heterocycles. The Hall–Kier alpha value is -3.37. The summed E-state index contributed by atoms with van der Waals surface area (Å²) in [6.45, 7) is 4.41. The van der Waals surface area contributed by atoms with Crippen LogP contribution in [0.1, 0.15) is 35.7 Å². The second-order valence-corrected chi connectivity index (χ2v) is 8.15. The van der Waals surface area contributed by atoms with Gasteiger partial charge in [0.05, 0.1) is 31.3 Å². The van der Waals surface area contributed by atoms with Crippen LogP contribution < -0.4 is 19.5 Å².